The number of carbonyl (C=O) groups excluding carboxylic acids is 1. The number of carbonyl (C=O) groups is 1. The van der Waals surface area contributed by atoms with Crippen LogP contribution in [0.25, 0.3) is 0 Å². The molecule has 19 heavy (non-hydrogen) atoms. The van der Waals surface area contributed by atoms with Crippen molar-refractivity contribution in [2.24, 2.45) is 0 Å². The van der Waals surface area contributed by atoms with E-state index >= 15 is 0 Å². The average Bonchev–Trinajstić information content (AvgIpc) is 2.54. The third-order valence-electron chi connectivity index (χ3n) is 3.28. The summed E-state index contributed by atoms with van der Waals surface area (Å²) >= 11 is 6.34. The lowest BCUT2D eigenvalue weighted by molar-refractivity contribution is 0.0821. The van der Waals surface area contributed by atoms with Crippen LogP contribution in [0.15, 0.2) is 12.3 Å². The van der Waals surface area contributed by atoms with E-state index in [1.54, 1.807) is 14.1 Å². The molecule has 0 radical (unpaired) electrons. The number of halogens is 1. The van der Waals surface area contributed by atoms with E-state index < -0.39 is 0 Å². The van der Waals surface area contributed by atoms with Crippen molar-refractivity contribution in [3.05, 3.63) is 28.7 Å². The fraction of sp³-hybridized carbons (Fsp3) is 0.538. The average molecular weight is 283 g/mol. The third kappa shape index (κ3) is 2.61. The van der Waals surface area contributed by atoms with Crippen LogP contribution in [0, 0.1) is 0 Å². The summed E-state index contributed by atoms with van der Waals surface area (Å²) in [5, 5.41) is 4.83. The maximum atomic E-state index is 12.0. The zero-order chi connectivity index (χ0) is 14.2. The largest absolute Gasteiger partial charge is 0.370 e. The second-order valence-corrected chi connectivity index (χ2v) is 5.42. The molecule has 1 aliphatic heterocycles. The fourth-order valence-electron chi connectivity index (χ4n) is 2.16. The number of allylic oxidation sites excluding steroid dienone is 1. The van der Waals surface area contributed by atoms with E-state index in [9.17, 15) is 4.79 Å². The van der Waals surface area contributed by atoms with Gasteiger partial charge in [-0.25, -0.2) is 0 Å². The SMILES string of the molecule is C=C(C)N1CCCn2nc(C(=O)N(C)C)c(Cl)c2C1. The summed E-state index contributed by atoms with van der Waals surface area (Å²) in [5.74, 6) is -0.160. The van der Waals surface area contributed by atoms with Crippen LogP contribution in [-0.2, 0) is 13.1 Å². The standard InChI is InChI=1S/C13H19ClN4O/c1-9(2)17-6-5-7-18-10(8-17)11(14)12(15-18)13(19)16(3)4/h1,5-8H2,2-4H3. The van der Waals surface area contributed by atoms with Crippen molar-refractivity contribution in [2.45, 2.75) is 26.4 Å². The van der Waals surface area contributed by atoms with E-state index in [1.807, 2.05) is 11.6 Å². The number of aromatic nitrogens is 2. The van der Waals surface area contributed by atoms with Gasteiger partial charge in [0, 0.05) is 32.9 Å². The quantitative estimate of drug-likeness (QED) is 0.833. The van der Waals surface area contributed by atoms with E-state index in [-0.39, 0.29) is 5.91 Å². The zero-order valence-electron chi connectivity index (χ0n) is 11.6. The number of hydrogen-bond acceptors (Lipinski definition) is 3. The van der Waals surface area contributed by atoms with Crippen LogP contribution in [0.5, 0.6) is 0 Å². The molecular formula is C13H19ClN4O. The van der Waals surface area contributed by atoms with Crippen molar-refractivity contribution in [1.82, 2.24) is 19.6 Å². The molecule has 1 aliphatic rings. The predicted octanol–water partition coefficient (Wildman–Crippen LogP) is 1.98. The van der Waals surface area contributed by atoms with Gasteiger partial charge in [-0.15, -0.1) is 0 Å². The van der Waals surface area contributed by atoms with Crippen LogP contribution in [0.1, 0.15) is 29.5 Å². The summed E-state index contributed by atoms with van der Waals surface area (Å²) in [4.78, 5) is 15.7. The minimum absolute atomic E-state index is 0.160. The number of amides is 1. The summed E-state index contributed by atoms with van der Waals surface area (Å²) in [6.45, 7) is 8.32. The Labute approximate surface area is 118 Å². The Hall–Kier alpha value is -1.49. The molecule has 0 fully saturated rings. The molecule has 0 unspecified atom stereocenters. The number of fused-ring (bicyclic) bond motifs is 1. The minimum Gasteiger partial charge on any atom is -0.370 e. The molecule has 2 rings (SSSR count). The van der Waals surface area contributed by atoms with Gasteiger partial charge >= 0.3 is 0 Å². The Balaban J connectivity index is 2.38. The van der Waals surface area contributed by atoms with Crippen LogP contribution in [0.3, 0.4) is 0 Å². The number of nitrogens with zero attached hydrogens (tertiary/aromatic N) is 4. The van der Waals surface area contributed by atoms with Gasteiger partial charge in [0.15, 0.2) is 5.69 Å². The molecule has 104 valence electrons. The first-order chi connectivity index (χ1) is 8.91. The van der Waals surface area contributed by atoms with Gasteiger partial charge in [-0.05, 0) is 13.3 Å². The molecule has 0 saturated heterocycles. The van der Waals surface area contributed by atoms with Gasteiger partial charge in [-0.1, -0.05) is 18.2 Å². The first-order valence-electron chi connectivity index (χ1n) is 6.29. The lowest BCUT2D eigenvalue weighted by atomic mass is 10.3. The van der Waals surface area contributed by atoms with Crippen LogP contribution >= 0.6 is 11.6 Å². The molecule has 0 saturated carbocycles. The van der Waals surface area contributed by atoms with Crippen LogP contribution in [-0.4, -0.2) is 46.1 Å². The highest BCUT2D eigenvalue weighted by Gasteiger charge is 2.25. The van der Waals surface area contributed by atoms with E-state index in [0.29, 0.717) is 17.3 Å². The molecule has 0 aliphatic carbocycles. The van der Waals surface area contributed by atoms with Crippen molar-refractivity contribution < 1.29 is 4.79 Å². The van der Waals surface area contributed by atoms with Crippen LogP contribution in [0.4, 0.5) is 0 Å². The van der Waals surface area contributed by atoms with Gasteiger partial charge in [0.2, 0.25) is 0 Å². The van der Waals surface area contributed by atoms with Crippen molar-refractivity contribution >= 4 is 17.5 Å². The van der Waals surface area contributed by atoms with Gasteiger partial charge in [-0.2, -0.15) is 5.10 Å². The summed E-state index contributed by atoms with van der Waals surface area (Å²) < 4.78 is 1.85. The lowest BCUT2D eigenvalue weighted by Gasteiger charge is -2.21. The Bertz CT molecular complexity index is 521. The fourth-order valence-corrected chi connectivity index (χ4v) is 2.43. The summed E-state index contributed by atoms with van der Waals surface area (Å²) in [6.07, 6.45) is 0.966. The summed E-state index contributed by atoms with van der Waals surface area (Å²) in [5.41, 5.74) is 2.24. The topological polar surface area (TPSA) is 41.4 Å². The second kappa shape index (κ2) is 5.25. The Morgan fingerprint density at radius 1 is 1.42 bits per heavy atom. The molecule has 2 heterocycles. The molecule has 1 amide bonds. The summed E-state index contributed by atoms with van der Waals surface area (Å²) in [6, 6.07) is 0. The molecule has 1 aromatic rings. The highest BCUT2D eigenvalue weighted by molar-refractivity contribution is 6.34. The monoisotopic (exact) mass is 282 g/mol. The van der Waals surface area contributed by atoms with Gasteiger partial charge in [0.05, 0.1) is 17.3 Å². The van der Waals surface area contributed by atoms with E-state index in [0.717, 1.165) is 30.9 Å². The van der Waals surface area contributed by atoms with Crippen molar-refractivity contribution in [3.8, 4) is 0 Å². The molecule has 0 atom stereocenters. The highest BCUT2D eigenvalue weighted by atomic mass is 35.5. The maximum Gasteiger partial charge on any atom is 0.275 e. The third-order valence-corrected chi connectivity index (χ3v) is 3.68. The van der Waals surface area contributed by atoms with Gasteiger partial charge < -0.3 is 9.80 Å². The summed E-state index contributed by atoms with van der Waals surface area (Å²) in [7, 11) is 3.40. The van der Waals surface area contributed by atoms with Crippen molar-refractivity contribution in [3.63, 3.8) is 0 Å². The smallest absolute Gasteiger partial charge is 0.275 e. The molecule has 0 bridgehead atoms. The number of rotatable bonds is 2. The molecule has 0 aromatic carbocycles. The molecule has 0 spiro atoms. The first kappa shape index (κ1) is 13.9. The minimum atomic E-state index is -0.160. The molecular weight excluding hydrogens is 264 g/mol. The first-order valence-corrected chi connectivity index (χ1v) is 6.67. The van der Waals surface area contributed by atoms with Crippen molar-refractivity contribution in [2.75, 3.05) is 20.6 Å². The van der Waals surface area contributed by atoms with Gasteiger partial charge in [0.1, 0.15) is 0 Å². The lowest BCUT2D eigenvalue weighted by Crippen LogP contribution is -2.23. The van der Waals surface area contributed by atoms with Crippen molar-refractivity contribution in [1.29, 1.82) is 0 Å². The van der Waals surface area contributed by atoms with E-state index in [1.165, 1.54) is 4.90 Å². The molecule has 6 heteroatoms. The molecule has 0 N–H and O–H groups in total. The predicted molar refractivity (Wildman–Crippen MR) is 75.1 cm³/mol. The van der Waals surface area contributed by atoms with Gasteiger partial charge in [-0.3, -0.25) is 9.48 Å². The Kier molecular flexibility index (Phi) is 3.85. The van der Waals surface area contributed by atoms with Crippen LogP contribution < -0.4 is 0 Å². The molecule has 1 aromatic heterocycles. The normalized spacial score (nSPS) is 14.8. The van der Waals surface area contributed by atoms with E-state index in [2.05, 4.69) is 16.6 Å². The Morgan fingerprint density at radius 3 is 2.68 bits per heavy atom. The van der Waals surface area contributed by atoms with Crippen LogP contribution in [0.2, 0.25) is 5.02 Å². The zero-order valence-corrected chi connectivity index (χ0v) is 12.4. The second-order valence-electron chi connectivity index (χ2n) is 5.04. The molecule has 5 nitrogen and oxygen atoms in total. The number of aryl methyl sites for hydroxylation is 1. The maximum absolute atomic E-state index is 12.0. The van der Waals surface area contributed by atoms with E-state index in [4.69, 9.17) is 11.6 Å². The highest BCUT2D eigenvalue weighted by Crippen LogP contribution is 2.26. The number of hydrogen-bond donors (Lipinski definition) is 0. The van der Waals surface area contributed by atoms with Gasteiger partial charge in [0.25, 0.3) is 5.91 Å². The Morgan fingerprint density at radius 2 is 2.11 bits per heavy atom.